The average molecular weight is 348 g/mol. The zero-order valence-corrected chi connectivity index (χ0v) is 14.9. The van der Waals surface area contributed by atoms with Gasteiger partial charge in [-0.3, -0.25) is 19.7 Å². The molecular weight excluding hydrogens is 324 g/mol. The zero-order chi connectivity index (χ0) is 19.0. The lowest BCUT2D eigenvalue weighted by atomic mass is 10.1. The van der Waals surface area contributed by atoms with E-state index in [2.05, 4.69) is 10.6 Å². The molecular formula is C18H24N2O5. The highest BCUT2D eigenvalue weighted by Crippen LogP contribution is 2.07. The number of amides is 3. The van der Waals surface area contributed by atoms with Crippen molar-refractivity contribution in [3.63, 3.8) is 0 Å². The lowest BCUT2D eigenvalue weighted by Gasteiger charge is -2.21. The number of ketones is 1. The number of carbonyl (C=O) groups excluding carboxylic acids is 4. The van der Waals surface area contributed by atoms with Crippen molar-refractivity contribution < 1.29 is 23.9 Å². The van der Waals surface area contributed by atoms with Crippen molar-refractivity contribution in [2.75, 3.05) is 0 Å². The number of Topliss-reactive ketones (excluding diaryl/α,β-unsaturated/α-hetero) is 1. The number of esters is 1. The summed E-state index contributed by atoms with van der Waals surface area (Å²) >= 11 is 0. The average Bonchev–Trinajstić information content (AvgIpc) is 2.51. The van der Waals surface area contributed by atoms with Gasteiger partial charge in [0.1, 0.15) is 0 Å². The van der Waals surface area contributed by atoms with E-state index >= 15 is 0 Å². The topological polar surface area (TPSA) is 102 Å². The molecule has 0 aliphatic rings. The van der Waals surface area contributed by atoms with Gasteiger partial charge >= 0.3 is 12.0 Å². The molecule has 1 rings (SSSR count). The van der Waals surface area contributed by atoms with E-state index < -0.39 is 29.6 Å². The molecule has 1 aromatic carbocycles. The molecule has 2 N–H and O–H groups in total. The van der Waals surface area contributed by atoms with Gasteiger partial charge in [-0.1, -0.05) is 30.3 Å². The van der Waals surface area contributed by atoms with Crippen LogP contribution in [-0.4, -0.2) is 35.3 Å². The summed E-state index contributed by atoms with van der Waals surface area (Å²) in [7, 11) is 0. The van der Waals surface area contributed by atoms with E-state index in [1.54, 1.807) is 51.1 Å². The molecule has 0 fully saturated rings. The second kappa shape index (κ2) is 8.96. The van der Waals surface area contributed by atoms with Gasteiger partial charge in [0.15, 0.2) is 11.9 Å². The van der Waals surface area contributed by atoms with Crippen molar-refractivity contribution in [1.29, 1.82) is 0 Å². The highest BCUT2D eigenvalue weighted by Gasteiger charge is 2.22. The van der Waals surface area contributed by atoms with Gasteiger partial charge in [0, 0.05) is 17.5 Å². The van der Waals surface area contributed by atoms with Crippen LogP contribution in [0.5, 0.6) is 0 Å². The number of carbonyl (C=O) groups is 4. The summed E-state index contributed by atoms with van der Waals surface area (Å²) in [6, 6.07) is 7.93. The Morgan fingerprint density at radius 2 is 1.64 bits per heavy atom. The van der Waals surface area contributed by atoms with E-state index in [-0.39, 0.29) is 18.6 Å². The Bertz CT molecular complexity index is 635. The van der Waals surface area contributed by atoms with Crippen LogP contribution in [0.2, 0.25) is 0 Å². The molecule has 7 nitrogen and oxygen atoms in total. The quantitative estimate of drug-likeness (QED) is 0.606. The molecule has 0 saturated carbocycles. The lowest BCUT2D eigenvalue weighted by molar-refractivity contribution is -0.154. The third-order valence-electron chi connectivity index (χ3n) is 3.05. The van der Waals surface area contributed by atoms with Crippen LogP contribution in [-0.2, 0) is 14.3 Å². The highest BCUT2D eigenvalue weighted by molar-refractivity contribution is 5.98. The van der Waals surface area contributed by atoms with E-state index in [0.717, 1.165) is 0 Å². The third-order valence-corrected chi connectivity index (χ3v) is 3.05. The van der Waals surface area contributed by atoms with Gasteiger partial charge in [0.2, 0.25) is 0 Å². The predicted molar refractivity (Wildman–Crippen MR) is 92.0 cm³/mol. The molecule has 0 saturated heterocycles. The van der Waals surface area contributed by atoms with Crippen LogP contribution in [0.3, 0.4) is 0 Å². The lowest BCUT2D eigenvalue weighted by Crippen LogP contribution is -2.50. The van der Waals surface area contributed by atoms with Crippen molar-refractivity contribution in [2.45, 2.75) is 52.2 Å². The van der Waals surface area contributed by atoms with Gasteiger partial charge in [-0.05, 0) is 27.7 Å². The Kier molecular flexibility index (Phi) is 7.29. The van der Waals surface area contributed by atoms with Gasteiger partial charge in [0.25, 0.3) is 5.91 Å². The smallest absolute Gasteiger partial charge is 0.321 e. The maximum Gasteiger partial charge on any atom is 0.321 e. The summed E-state index contributed by atoms with van der Waals surface area (Å²) in [5.74, 6) is -1.59. The minimum Gasteiger partial charge on any atom is -0.453 e. The normalized spacial score (nSPS) is 12.0. The summed E-state index contributed by atoms with van der Waals surface area (Å²) in [4.78, 5) is 47.1. The van der Waals surface area contributed by atoms with E-state index in [1.165, 1.54) is 6.92 Å². The van der Waals surface area contributed by atoms with Gasteiger partial charge in [-0.15, -0.1) is 0 Å². The van der Waals surface area contributed by atoms with E-state index in [1.807, 2.05) is 0 Å². The minimum absolute atomic E-state index is 0.0122. The minimum atomic E-state index is -1.13. The molecule has 0 radical (unpaired) electrons. The van der Waals surface area contributed by atoms with Crippen molar-refractivity contribution in [3.8, 4) is 0 Å². The Balaban J connectivity index is 2.39. The van der Waals surface area contributed by atoms with Gasteiger partial charge < -0.3 is 10.1 Å². The first-order valence-corrected chi connectivity index (χ1v) is 7.99. The molecule has 0 aromatic heterocycles. The van der Waals surface area contributed by atoms with Crippen LogP contribution >= 0.6 is 0 Å². The Morgan fingerprint density at radius 1 is 1.04 bits per heavy atom. The molecule has 3 amide bonds. The molecule has 1 atom stereocenters. The number of imide groups is 1. The fraction of sp³-hybridized carbons (Fsp3) is 0.444. The van der Waals surface area contributed by atoms with Gasteiger partial charge in [-0.2, -0.15) is 0 Å². The largest absolute Gasteiger partial charge is 0.453 e. The first kappa shape index (κ1) is 20.3. The molecule has 1 aromatic rings. The van der Waals surface area contributed by atoms with Crippen LogP contribution in [0.25, 0.3) is 0 Å². The molecule has 0 aliphatic carbocycles. The summed E-state index contributed by atoms with van der Waals surface area (Å²) in [6.07, 6.45) is -1.29. The Hall–Kier alpha value is -2.70. The van der Waals surface area contributed by atoms with Gasteiger partial charge in [-0.25, -0.2) is 4.79 Å². The van der Waals surface area contributed by atoms with Crippen LogP contribution in [0.15, 0.2) is 30.3 Å². The van der Waals surface area contributed by atoms with Crippen LogP contribution in [0.1, 0.15) is 50.9 Å². The van der Waals surface area contributed by atoms with Crippen LogP contribution in [0, 0.1) is 0 Å². The van der Waals surface area contributed by atoms with E-state index in [0.29, 0.717) is 5.56 Å². The number of benzene rings is 1. The van der Waals surface area contributed by atoms with E-state index in [9.17, 15) is 19.2 Å². The summed E-state index contributed by atoms with van der Waals surface area (Å²) in [5.41, 5.74) is 0.0159. The van der Waals surface area contributed by atoms with Crippen molar-refractivity contribution in [3.05, 3.63) is 35.9 Å². The molecule has 136 valence electrons. The molecule has 25 heavy (non-hydrogen) atoms. The predicted octanol–water partition coefficient (Wildman–Crippen LogP) is 2.21. The molecule has 0 bridgehead atoms. The fourth-order valence-electron chi connectivity index (χ4n) is 1.88. The van der Waals surface area contributed by atoms with E-state index in [4.69, 9.17) is 4.74 Å². The Morgan fingerprint density at radius 3 is 2.20 bits per heavy atom. The summed E-state index contributed by atoms with van der Waals surface area (Å²) in [6.45, 7) is 6.66. The number of hydrogen-bond acceptors (Lipinski definition) is 5. The monoisotopic (exact) mass is 348 g/mol. The standard InChI is InChI=1S/C18H24N2O5/c1-12(16(23)19-17(24)20-18(2,3)4)25-15(22)11-10-14(21)13-8-6-5-7-9-13/h5-9,12H,10-11H2,1-4H3,(H2,19,20,23,24). The van der Waals surface area contributed by atoms with Crippen molar-refractivity contribution in [2.24, 2.45) is 0 Å². The number of nitrogens with one attached hydrogen (secondary N) is 2. The Labute approximate surface area is 147 Å². The molecule has 0 spiro atoms. The second-order valence-electron chi connectivity index (χ2n) is 6.61. The molecule has 0 heterocycles. The van der Waals surface area contributed by atoms with Crippen molar-refractivity contribution in [1.82, 2.24) is 10.6 Å². The molecule has 0 aliphatic heterocycles. The zero-order valence-electron chi connectivity index (χ0n) is 14.9. The maximum absolute atomic E-state index is 11.9. The fourth-order valence-corrected chi connectivity index (χ4v) is 1.88. The number of rotatable bonds is 6. The van der Waals surface area contributed by atoms with Gasteiger partial charge in [0.05, 0.1) is 6.42 Å². The summed E-state index contributed by atoms with van der Waals surface area (Å²) in [5, 5.41) is 4.66. The van der Waals surface area contributed by atoms with Crippen molar-refractivity contribution >= 4 is 23.7 Å². The maximum atomic E-state index is 11.9. The molecule has 1 unspecified atom stereocenters. The summed E-state index contributed by atoms with van der Waals surface area (Å²) < 4.78 is 4.95. The number of ether oxygens (including phenoxy) is 1. The second-order valence-corrected chi connectivity index (χ2v) is 6.61. The number of urea groups is 1. The first-order chi connectivity index (χ1) is 11.6. The van der Waals surface area contributed by atoms with Crippen LogP contribution < -0.4 is 10.6 Å². The van der Waals surface area contributed by atoms with Crippen LogP contribution in [0.4, 0.5) is 4.79 Å². The molecule has 7 heteroatoms. The first-order valence-electron chi connectivity index (χ1n) is 7.99. The SMILES string of the molecule is CC(OC(=O)CCC(=O)c1ccccc1)C(=O)NC(=O)NC(C)(C)C. The third kappa shape index (κ3) is 8.10. The highest BCUT2D eigenvalue weighted by atomic mass is 16.5. The number of hydrogen-bond donors (Lipinski definition) is 2.